The van der Waals surface area contributed by atoms with E-state index in [4.69, 9.17) is 23.0 Å². The fourth-order valence-corrected chi connectivity index (χ4v) is 6.34. The Labute approximate surface area is 218 Å². The van der Waals surface area contributed by atoms with E-state index in [1.807, 2.05) is 24.3 Å². The maximum Gasteiger partial charge on any atom is 0.288 e. The Balaban J connectivity index is 1.48. The summed E-state index contributed by atoms with van der Waals surface area (Å²) in [5.74, 6) is 2.30. The first-order valence-corrected chi connectivity index (χ1v) is 12.3. The molecule has 0 atom stereocenters. The highest BCUT2D eigenvalue weighted by atomic mass is 16.2. The third-order valence-corrected chi connectivity index (χ3v) is 7.95. The molecule has 0 radical (unpaired) electrons. The minimum Gasteiger partial charge on any atom is -0.383 e. The average molecular weight is 504 g/mol. The Morgan fingerprint density at radius 1 is 1.21 bits per heavy atom. The van der Waals surface area contributed by atoms with Gasteiger partial charge >= 0.3 is 0 Å². The van der Waals surface area contributed by atoms with E-state index in [0.29, 0.717) is 29.0 Å². The lowest BCUT2D eigenvalue weighted by Gasteiger charge is -2.30. The number of nitrogens with two attached hydrogens (primary N) is 1. The lowest BCUT2D eigenvalue weighted by atomic mass is 9.90. The molecular formula is C28H25N9O. The van der Waals surface area contributed by atoms with Gasteiger partial charge in [0.15, 0.2) is 0 Å². The predicted octanol–water partition coefficient (Wildman–Crippen LogP) is 3.44. The van der Waals surface area contributed by atoms with Gasteiger partial charge in [-0.2, -0.15) is 0 Å². The number of rotatable bonds is 4. The Hall–Kier alpha value is -4.91. The SMILES string of the molecule is C#Cc1c(-c2cnc3ccccc3c2)c2c(N)ncnc2n1C12CCC(NC(=O)C(=N)/N=C\C=N)(CC1)C2. The minimum absolute atomic E-state index is 0.345. The van der Waals surface area contributed by atoms with Crippen molar-refractivity contribution in [3.05, 3.63) is 48.5 Å². The zero-order valence-corrected chi connectivity index (χ0v) is 20.5. The van der Waals surface area contributed by atoms with E-state index >= 15 is 0 Å². The summed E-state index contributed by atoms with van der Waals surface area (Å²) in [6.45, 7) is 0. The summed E-state index contributed by atoms with van der Waals surface area (Å²) >= 11 is 0. The van der Waals surface area contributed by atoms with Crippen molar-refractivity contribution in [1.82, 2.24) is 24.8 Å². The van der Waals surface area contributed by atoms with Crippen LogP contribution in [0.25, 0.3) is 33.1 Å². The monoisotopic (exact) mass is 503 g/mol. The fourth-order valence-electron chi connectivity index (χ4n) is 6.34. The molecule has 0 spiro atoms. The quantitative estimate of drug-likeness (QED) is 0.190. The molecule has 0 saturated heterocycles. The third kappa shape index (κ3) is 3.47. The van der Waals surface area contributed by atoms with Gasteiger partial charge in [-0.25, -0.2) is 15.0 Å². The highest BCUT2D eigenvalue weighted by molar-refractivity contribution is 6.39. The molecule has 10 nitrogen and oxygen atoms in total. The highest BCUT2D eigenvalue weighted by Gasteiger charge is 2.57. The Morgan fingerprint density at radius 3 is 2.76 bits per heavy atom. The number of nitrogens with zero attached hydrogens (tertiary/aromatic N) is 5. The summed E-state index contributed by atoms with van der Waals surface area (Å²) in [4.78, 5) is 30.0. The number of pyridine rings is 1. The number of amidine groups is 1. The number of anilines is 1. The number of aliphatic imine (C=N–C) groups is 1. The van der Waals surface area contributed by atoms with Crippen LogP contribution in [-0.4, -0.2) is 49.2 Å². The molecule has 0 unspecified atom stereocenters. The van der Waals surface area contributed by atoms with E-state index in [1.165, 1.54) is 6.33 Å². The molecule has 6 rings (SSSR count). The van der Waals surface area contributed by atoms with Crippen molar-refractivity contribution in [1.29, 1.82) is 10.8 Å². The molecule has 2 bridgehead atoms. The van der Waals surface area contributed by atoms with Crippen LogP contribution < -0.4 is 11.1 Å². The summed E-state index contributed by atoms with van der Waals surface area (Å²) in [5.41, 5.74) is 9.42. The maximum absolute atomic E-state index is 12.7. The van der Waals surface area contributed by atoms with E-state index < -0.39 is 17.3 Å². The molecule has 2 saturated carbocycles. The number of benzene rings is 1. The molecule has 3 heterocycles. The number of amides is 1. The van der Waals surface area contributed by atoms with Gasteiger partial charge in [0.1, 0.15) is 23.5 Å². The van der Waals surface area contributed by atoms with Crippen molar-refractivity contribution in [2.24, 2.45) is 4.99 Å². The van der Waals surface area contributed by atoms with E-state index in [9.17, 15) is 4.79 Å². The summed E-state index contributed by atoms with van der Waals surface area (Å²) in [6.07, 6.45) is 15.2. The minimum atomic E-state index is -0.551. The molecule has 5 N–H and O–H groups in total. The van der Waals surface area contributed by atoms with Gasteiger partial charge in [0.25, 0.3) is 5.91 Å². The Bertz CT molecular complexity index is 1720. The third-order valence-electron chi connectivity index (χ3n) is 7.95. The van der Waals surface area contributed by atoms with Crippen LogP contribution in [0.2, 0.25) is 0 Å². The molecule has 1 amide bonds. The normalized spacial score (nSPS) is 22.2. The number of carbonyl (C=O) groups excluding carboxylic acids is 1. The van der Waals surface area contributed by atoms with Gasteiger partial charge in [-0.15, -0.1) is 6.42 Å². The summed E-state index contributed by atoms with van der Waals surface area (Å²) < 4.78 is 2.13. The first kappa shape index (κ1) is 23.5. The smallest absolute Gasteiger partial charge is 0.288 e. The van der Waals surface area contributed by atoms with Crippen molar-refractivity contribution in [2.45, 2.75) is 43.2 Å². The number of nitrogens with one attached hydrogen (secondary N) is 3. The molecule has 2 aliphatic rings. The molecule has 1 aromatic carbocycles. The van der Waals surface area contributed by atoms with Crippen LogP contribution in [0.4, 0.5) is 5.82 Å². The van der Waals surface area contributed by atoms with Crippen LogP contribution >= 0.6 is 0 Å². The lowest BCUT2D eigenvalue weighted by Crippen LogP contribution is -2.47. The number of hydrogen-bond acceptors (Lipinski definition) is 7. The highest BCUT2D eigenvalue weighted by Crippen LogP contribution is 2.57. The molecular weight excluding hydrogens is 478 g/mol. The molecule has 2 fully saturated rings. The molecule has 0 aliphatic heterocycles. The van der Waals surface area contributed by atoms with Crippen LogP contribution in [0.1, 0.15) is 37.8 Å². The van der Waals surface area contributed by atoms with Gasteiger partial charge in [-0.3, -0.25) is 15.2 Å². The summed E-state index contributed by atoms with van der Waals surface area (Å²) in [5, 5.41) is 19.7. The number of aromatic nitrogens is 4. The second-order valence-electron chi connectivity index (χ2n) is 10.0. The lowest BCUT2D eigenvalue weighted by molar-refractivity contribution is -0.116. The van der Waals surface area contributed by atoms with Crippen molar-refractivity contribution in [2.75, 3.05) is 5.73 Å². The molecule has 3 aromatic heterocycles. The molecule has 4 aromatic rings. The molecule has 188 valence electrons. The van der Waals surface area contributed by atoms with E-state index in [1.54, 1.807) is 6.20 Å². The van der Waals surface area contributed by atoms with Crippen LogP contribution in [0.15, 0.2) is 47.8 Å². The fraction of sp³-hybridized carbons (Fsp3) is 0.250. The van der Waals surface area contributed by atoms with E-state index in [0.717, 1.165) is 60.1 Å². The number of carbonyl (C=O) groups is 1. The van der Waals surface area contributed by atoms with E-state index in [-0.39, 0.29) is 5.54 Å². The number of terminal acetylenes is 1. The largest absolute Gasteiger partial charge is 0.383 e. The van der Waals surface area contributed by atoms with Crippen molar-refractivity contribution in [3.63, 3.8) is 0 Å². The number of para-hydroxylation sites is 1. The first-order chi connectivity index (χ1) is 18.4. The van der Waals surface area contributed by atoms with Crippen LogP contribution in [0.3, 0.4) is 0 Å². The van der Waals surface area contributed by atoms with E-state index in [2.05, 4.69) is 41.8 Å². The number of fused-ring (bicyclic) bond motifs is 4. The topological polar surface area (TPSA) is 159 Å². The number of nitrogen functional groups attached to an aromatic ring is 1. The predicted molar refractivity (Wildman–Crippen MR) is 148 cm³/mol. The Morgan fingerprint density at radius 2 is 2.00 bits per heavy atom. The zero-order chi connectivity index (χ0) is 26.5. The molecule has 38 heavy (non-hydrogen) atoms. The van der Waals surface area contributed by atoms with Gasteiger partial charge < -0.3 is 21.0 Å². The van der Waals surface area contributed by atoms with Crippen LogP contribution in [-0.2, 0) is 10.3 Å². The Kier molecular flexibility index (Phi) is 5.31. The second kappa shape index (κ2) is 8.59. The van der Waals surface area contributed by atoms with Crippen LogP contribution in [0.5, 0.6) is 0 Å². The van der Waals surface area contributed by atoms with Gasteiger partial charge in [0, 0.05) is 46.2 Å². The standard InChI is InChI=1S/C28H25N9O/c1-2-20-21(18-13-17-5-3-4-6-19(17)33-14-18)22-23(30)34-16-35-25(22)37(20)28-9-7-27(15-28,8-10-28)36-26(38)24(31)32-12-11-29/h1,3-6,11-14,16,29,31H,7-10,15H2,(H,36,38)(H2,30,34,35)/b29-11?,31-24?,32-12-. The van der Waals surface area contributed by atoms with Gasteiger partial charge in [0.2, 0.25) is 5.84 Å². The van der Waals surface area contributed by atoms with Gasteiger partial charge in [0.05, 0.1) is 10.9 Å². The van der Waals surface area contributed by atoms with Gasteiger partial charge in [-0.05, 0) is 44.2 Å². The molecule has 2 aliphatic carbocycles. The second-order valence-corrected chi connectivity index (χ2v) is 10.0. The zero-order valence-electron chi connectivity index (χ0n) is 20.5. The van der Waals surface area contributed by atoms with Crippen molar-refractivity contribution >= 4 is 51.9 Å². The molecule has 10 heteroatoms. The summed E-state index contributed by atoms with van der Waals surface area (Å²) in [6, 6.07) is 9.94. The van der Waals surface area contributed by atoms with Gasteiger partial charge in [-0.1, -0.05) is 24.1 Å². The number of hydrogen-bond donors (Lipinski definition) is 4. The maximum atomic E-state index is 12.7. The first-order valence-electron chi connectivity index (χ1n) is 12.3. The van der Waals surface area contributed by atoms with Crippen molar-refractivity contribution < 1.29 is 4.79 Å². The average Bonchev–Trinajstić information content (AvgIpc) is 3.60. The van der Waals surface area contributed by atoms with Crippen LogP contribution in [0, 0.1) is 23.2 Å². The van der Waals surface area contributed by atoms with Crippen molar-refractivity contribution in [3.8, 4) is 23.5 Å². The summed E-state index contributed by atoms with van der Waals surface area (Å²) in [7, 11) is 0.